The number of aryl methyl sites for hydroxylation is 1. The highest BCUT2D eigenvalue weighted by Crippen LogP contribution is 2.40. The van der Waals surface area contributed by atoms with E-state index in [-0.39, 0.29) is 17.3 Å². The molecule has 0 fully saturated rings. The Hall–Kier alpha value is -2.46. The Balaban J connectivity index is 1.51. The lowest BCUT2D eigenvalue weighted by molar-refractivity contribution is -0.115. The van der Waals surface area contributed by atoms with Gasteiger partial charge in [0, 0.05) is 4.88 Å². The Kier molecular flexibility index (Phi) is 6.29. The normalized spacial score (nSPS) is 16.9. The molecule has 3 N–H and O–H groups in total. The number of nitrogens with two attached hydrogens (primary N) is 1. The number of rotatable bonds is 6. The summed E-state index contributed by atoms with van der Waals surface area (Å²) in [6.07, 6.45) is 3.13. The molecule has 1 aromatic carbocycles. The number of benzene rings is 1. The molecule has 31 heavy (non-hydrogen) atoms. The predicted octanol–water partition coefficient (Wildman–Crippen LogP) is 5.12. The third-order valence-electron chi connectivity index (χ3n) is 5.17. The number of thioether (sulfide) groups is 1. The number of halogens is 2. The van der Waals surface area contributed by atoms with Gasteiger partial charge in [-0.2, -0.15) is 8.78 Å². The number of para-hydroxylation sites is 2. The summed E-state index contributed by atoms with van der Waals surface area (Å²) in [5.41, 5.74) is 7.69. The van der Waals surface area contributed by atoms with E-state index in [2.05, 4.69) is 26.9 Å². The highest BCUT2D eigenvalue weighted by molar-refractivity contribution is 8.00. The van der Waals surface area contributed by atoms with Crippen LogP contribution in [0.25, 0.3) is 10.2 Å². The molecule has 0 aliphatic heterocycles. The van der Waals surface area contributed by atoms with Gasteiger partial charge in [-0.05, 0) is 49.8 Å². The number of ether oxygens (including phenoxy) is 1. The van der Waals surface area contributed by atoms with Gasteiger partial charge >= 0.3 is 6.61 Å². The maximum Gasteiger partial charge on any atom is 0.387 e. The molecule has 2 unspecified atom stereocenters. The van der Waals surface area contributed by atoms with Gasteiger partial charge in [0.15, 0.2) is 5.16 Å². The number of nitrogens with zero attached hydrogens (tertiary/aromatic N) is 2. The molecule has 0 saturated heterocycles. The third-order valence-corrected chi connectivity index (χ3v) is 7.28. The molecule has 2 atom stereocenters. The van der Waals surface area contributed by atoms with Crippen LogP contribution in [0.2, 0.25) is 0 Å². The fourth-order valence-corrected chi connectivity index (χ4v) is 5.84. The average molecular weight is 465 g/mol. The van der Waals surface area contributed by atoms with E-state index in [9.17, 15) is 13.6 Å². The summed E-state index contributed by atoms with van der Waals surface area (Å²) in [5.74, 6) is 0.604. The van der Waals surface area contributed by atoms with E-state index in [1.165, 1.54) is 34.3 Å². The number of nitrogens with one attached hydrogen (secondary N) is 1. The number of amides is 1. The molecule has 0 saturated carbocycles. The molecule has 10 heteroatoms. The van der Waals surface area contributed by atoms with Gasteiger partial charge in [-0.3, -0.25) is 4.79 Å². The van der Waals surface area contributed by atoms with Gasteiger partial charge in [-0.1, -0.05) is 30.8 Å². The summed E-state index contributed by atoms with van der Waals surface area (Å²) in [7, 11) is 0. The minimum absolute atomic E-state index is 0.0941. The van der Waals surface area contributed by atoms with Crippen molar-refractivity contribution < 1.29 is 18.3 Å². The largest absolute Gasteiger partial charge is 0.433 e. The van der Waals surface area contributed by atoms with Gasteiger partial charge in [0.25, 0.3) is 0 Å². The van der Waals surface area contributed by atoms with Crippen molar-refractivity contribution in [1.29, 1.82) is 0 Å². The number of carbonyl (C=O) groups is 1. The molecule has 1 amide bonds. The predicted molar refractivity (Wildman–Crippen MR) is 120 cm³/mol. The SMILES string of the molecule is CC1CCc2c(sc3nc(SC(C)C(=O)Nc4ccccc4OC(F)F)nc(N)c23)C1. The molecular weight excluding hydrogens is 442 g/mol. The molecule has 3 aromatic rings. The molecule has 0 spiro atoms. The van der Waals surface area contributed by atoms with Crippen LogP contribution in [0, 0.1) is 5.92 Å². The fourth-order valence-electron chi connectivity index (χ4n) is 3.62. The molecule has 4 rings (SSSR count). The smallest absolute Gasteiger partial charge is 0.387 e. The highest BCUT2D eigenvalue weighted by atomic mass is 32.2. The van der Waals surface area contributed by atoms with Gasteiger partial charge < -0.3 is 15.8 Å². The van der Waals surface area contributed by atoms with Gasteiger partial charge in [0.1, 0.15) is 16.4 Å². The first-order valence-corrected chi connectivity index (χ1v) is 11.6. The van der Waals surface area contributed by atoms with Crippen molar-refractivity contribution in [3.8, 4) is 5.75 Å². The first kappa shape index (κ1) is 21.8. The number of fused-ring (bicyclic) bond motifs is 3. The van der Waals surface area contributed by atoms with Crippen molar-refractivity contribution >= 4 is 50.7 Å². The lowest BCUT2D eigenvalue weighted by atomic mass is 9.89. The second-order valence-electron chi connectivity index (χ2n) is 7.55. The van der Waals surface area contributed by atoms with Crippen molar-refractivity contribution in [3.05, 3.63) is 34.7 Å². The van der Waals surface area contributed by atoms with Gasteiger partial charge in [0.05, 0.1) is 16.3 Å². The van der Waals surface area contributed by atoms with Crippen LogP contribution in [0.3, 0.4) is 0 Å². The molecule has 1 aliphatic rings. The minimum Gasteiger partial charge on any atom is -0.433 e. The molecule has 1 aliphatic carbocycles. The zero-order chi connectivity index (χ0) is 22.1. The second kappa shape index (κ2) is 8.96. The number of aromatic nitrogens is 2. The fraction of sp³-hybridized carbons (Fsp3) is 0.381. The van der Waals surface area contributed by atoms with Crippen LogP contribution in [-0.4, -0.2) is 27.7 Å². The number of hydrogen-bond donors (Lipinski definition) is 2. The standard InChI is InChI=1S/C21H22F2N4O2S2/c1-10-7-8-12-15(9-10)31-19-16(12)17(24)26-21(27-19)30-11(2)18(28)25-13-5-3-4-6-14(13)29-20(22)23/h3-6,10-11,20H,7-9H2,1-2H3,(H,25,28)(H2,24,26,27). The van der Waals surface area contributed by atoms with E-state index in [0.717, 1.165) is 29.5 Å². The summed E-state index contributed by atoms with van der Waals surface area (Å²) in [6, 6.07) is 6.06. The third kappa shape index (κ3) is 4.74. The monoisotopic (exact) mass is 464 g/mol. The Bertz CT molecular complexity index is 1120. The minimum atomic E-state index is -2.98. The molecule has 2 aromatic heterocycles. The first-order valence-electron chi connectivity index (χ1n) is 9.91. The number of thiophene rings is 1. The average Bonchev–Trinajstić information content (AvgIpc) is 3.06. The molecule has 6 nitrogen and oxygen atoms in total. The van der Waals surface area contributed by atoms with E-state index in [1.807, 2.05) is 0 Å². The lowest BCUT2D eigenvalue weighted by Crippen LogP contribution is -2.23. The molecular formula is C21H22F2N4O2S2. The summed E-state index contributed by atoms with van der Waals surface area (Å²) in [6.45, 7) is 0.961. The number of hydrogen-bond acceptors (Lipinski definition) is 7. The van der Waals surface area contributed by atoms with Crippen LogP contribution in [0.1, 0.15) is 30.7 Å². The number of anilines is 2. The highest BCUT2D eigenvalue weighted by Gasteiger charge is 2.24. The van der Waals surface area contributed by atoms with Gasteiger partial charge in [0.2, 0.25) is 5.91 Å². The Morgan fingerprint density at radius 2 is 2.13 bits per heavy atom. The van der Waals surface area contributed by atoms with Crippen molar-refractivity contribution in [2.75, 3.05) is 11.1 Å². The van der Waals surface area contributed by atoms with E-state index >= 15 is 0 Å². The second-order valence-corrected chi connectivity index (χ2v) is 9.94. The maximum atomic E-state index is 12.6. The maximum absolute atomic E-state index is 12.6. The summed E-state index contributed by atoms with van der Waals surface area (Å²) < 4.78 is 29.6. The van der Waals surface area contributed by atoms with E-state index < -0.39 is 11.9 Å². The van der Waals surface area contributed by atoms with Crippen LogP contribution in [0.5, 0.6) is 5.75 Å². The van der Waals surface area contributed by atoms with Gasteiger partial charge in [-0.25, -0.2) is 9.97 Å². The van der Waals surface area contributed by atoms with Crippen LogP contribution in [0.4, 0.5) is 20.3 Å². The van der Waals surface area contributed by atoms with Crippen LogP contribution < -0.4 is 15.8 Å². The number of carbonyl (C=O) groups excluding carboxylic acids is 1. The first-order chi connectivity index (χ1) is 14.8. The van der Waals surface area contributed by atoms with Crippen molar-refractivity contribution in [2.45, 2.75) is 50.1 Å². The van der Waals surface area contributed by atoms with Crippen molar-refractivity contribution in [2.24, 2.45) is 5.92 Å². The summed E-state index contributed by atoms with van der Waals surface area (Å²) >= 11 is 2.81. The number of alkyl halides is 2. The van der Waals surface area contributed by atoms with Crippen LogP contribution >= 0.6 is 23.1 Å². The van der Waals surface area contributed by atoms with E-state index in [0.29, 0.717) is 16.9 Å². The van der Waals surface area contributed by atoms with Crippen LogP contribution in [0.15, 0.2) is 29.4 Å². The zero-order valence-electron chi connectivity index (χ0n) is 17.0. The Morgan fingerprint density at radius 3 is 2.90 bits per heavy atom. The topological polar surface area (TPSA) is 90.1 Å². The Morgan fingerprint density at radius 1 is 1.35 bits per heavy atom. The zero-order valence-corrected chi connectivity index (χ0v) is 18.7. The quantitative estimate of drug-likeness (QED) is 0.389. The van der Waals surface area contributed by atoms with Crippen molar-refractivity contribution in [3.63, 3.8) is 0 Å². The van der Waals surface area contributed by atoms with E-state index in [1.54, 1.807) is 30.4 Å². The lowest BCUT2D eigenvalue weighted by Gasteiger charge is -2.17. The van der Waals surface area contributed by atoms with E-state index in [4.69, 9.17) is 5.73 Å². The Labute approximate surface area is 186 Å². The van der Waals surface area contributed by atoms with Crippen molar-refractivity contribution in [1.82, 2.24) is 9.97 Å². The summed E-state index contributed by atoms with van der Waals surface area (Å²) in [4.78, 5) is 23.9. The van der Waals surface area contributed by atoms with Crippen LogP contribution in [-0.2, 0) is 17.6 Å². The molecule has 2 heterocycles. The molecule has 0 radical (unpaired) electrons. The number of nitrogen functional groups attached to an aromatic ring is 1. The molecule has 0 bridgehead atoms. The van der Waals surface area contributed by atoms with Gasteiger partial charge in [-0.15, -0.1) is 11.3 Å². The molecule has 164 valence electrons. The summed E-state index contributed by atoms with van der Waals surface area (Å²) in [5, 5.41) is 3.40.